The van der Waals surface area contributed by atoms with Gasteiger partial charge in [0, 0.05) is 25.6 Å². The number of hydrogen-bond acceptors (Lipinski definition) is 4. The molecule has 140 valence electrons. The molecular weight excluding hydrogens is 347 g/mol. The quantitative estimate of drug-likeness (QED) is 0.797. The summed E-state index contributed by atoms with van der Waals surface area (Å²) in [5.74, 6) is -0.885. The molecule has 1 aliphatic rings. The number of carbonyl (C=O) groups is 1. The van der Waals surface area contributed by atoms with E-state index in [0.29, 0.717) is 19.0 Å². The van der Waals surface area contributed by atoms with Crippen LogP contribution in [0.4, 0.5) is 4.39 Å². The van der Waals surface area contributed by atoms with Gasteiger partial charge in [-0.15, -0.1) is 0 Å². The maximum Gasteiger partial charge on any atom is 0.303 e. The van der Waals surface area contributed by atoms with Crippen LogP contribution in [-0.2, 0) is 11.3 Å². The number of piperidine rings is 1. The number of benzene rings is 1. The van der Waals surface area contributed by atoms with Crippen molar-refractivity contribution in [3.63, 3.8) is 0 Å². The van der Waals surface area contributed by atoms with E-state index >= 15 is 0 Å². The van der Waals surface area contributed by atoms with E-state index in [4.69, 9.17) is 21.4 Å². The number of carboxylic acid groups (broad SMARTS) is 1. The van der Waals surface area contributed by atoms with Gasteiger partial charge < -0.3 is 14.7 Å². The number of methoxy groups -OCH3 is 1. The molecule has 1 aliphatic heterocycles. The first-order valence-electron chi connectivity index (χ1n) is 8.44. The lowest BCUT2D eigenvalue weighted by atomic mass is 9.87. The predicted octanol–water partition coefficient (Wildman–Crippen LogP) is 3.10. The molecule has 1 fully saturated rings. The van der Waals surface area contributed by atoms with Gasteiger partial charge in [-0.25, -0.2) is 4.39 Å². The Labute approximate surface area is 153 Å². The highest BCUT2D eigenvalue weighted by Gasteiger charge is 2.31. The Balaban J connectivity index is 2.06. The molecule has 1 aromatic rings. The van der Waals surface area contributed by atoms with Gasteiger partial charge >= 0.3 is 5.97 Å². The van der Waals surface area contributed by atoms with Crippen LogP contribution in [0, 0.1) is 11.7 Å². The third-order valence-corrected chi connectivity index (χ3v) is 5.12. The van der Waals surface area contributed by atoms with Gasteiger partial charge in [-0.3, -0.25) is 9.69 Å². The second-order valence-electron chi connectivity index (χ2n) is 6.84. The Morgan fingerprint density at radius 3 is 2.76 bits per heavy atom. The first-order valence-corrected chi connectivity index (χ1v) is 8.82. The minimum absolute atomic E-state index is 0.0658. The van der Waals surface area contributed by atoms with Crippen molar-refractivity contribution in [3.05, 3.63) is 28.5 Å². The summed E-state index contributed by atoms with van der Waals surface area (Å²) < 4.78 is 19.0. The minimum atomic E-state index is -0.765. The van der Waals surface area contributed by atoms with E-state index in [1.54, 1.807) is 6.07 Å². The Bertz CT molecular complexity index is 589. The summed E-state index contributed by atoms with van der Waals surface area (Å²) in [7, 11) is 5.46. The molecule has 7 heteroatoms. The maximum atomic E-state index is 14.0. The Morgan fingerprint density at radius 2 is 2.20 bits per heavy atom. The van der Waals surface area contributed by atoms with Gasteiger partial charge in [0.15, 0.2) is 11.6 Å². The van der Waals surface area contributed by atoms with Gasteiger partial charge in [0.25, 0.3) is 0 Å². The monoisotopic (exact) mass is 372 g/mol. The highest BCUT2D eigenvalue weighted by molar-refractivity contribution is 6.32. The first kappa shape index (κ1) is 19.9. The molecule has 0 aliphatic carbocycles. The molecule has 2 atom stereocenters. The van der Waals surface area contributed by atoms with Crippen molar-refractivity contribution in [1.29, 1.82) is 0 Å². The zero-order chi connectivity index (χ0) is 18.6. The van der Waals surface area contributed by atoms with Crippen LogP contribution in [0.3, 0.4) is 0 Å². The lowest BCUT2D eigenvalue weighted by Gasteiger charge is -2.41. The van der Waals surface area contributed by atoms with E-state index in [1.165, 1.54) is 13.2 Å². The van der Waals surface area contributed by atoms with Crippen molar-refractivity contribution >= 4 is 17.6 Å². The van der Waals surface area contributed by atoms with Crippen molar-refractivity contribution in [2.24, 2.45) is 5.92 Å². The summed E-state index contributed by atoms with van der Waals surface area (Å²) in [6, 6.07) is 3.55. The van der Waals surface area contributed by atoms with Crippen molar-refractivity contribution in [2.75, 3.05) is 34.3 Å². The molecular formula is C18H26ClFN2O3. The molecule has 1 aromatic carbocycles. The van der Waals surface area contributed by atoms with Gasteiger partial charge in [0.1, 0.15) is 0 Å². The largest absolute Gasteiger partial charge is 0.492 e. The molecule has 0 radical (unpaired) electrons. The Kier molecular flexibility index (Phi) is 7.04. The average molecular weight is 373 g/mol. The number of rotatable bonds is 7. The number of aliphatic carboxylic acids is 1. The molecule has 2 rings (SSSR count). The lowest BCUT2D eigenvalue weighted by molar-refractivity contribution is -0.137. The van der Waals surface area contributed by atoms with Crippen molar-refractivity contribution in [2.45, 2.75) is 31.8 Å². The third kappa shape index (κ3) is 5.30. The molecule has 0 aromatic heterocycles. The van der Waals surface area contributed by atoms with E-state index in [2.05, 4.69) is 9.80 Å². The van der Waals surface area contributed by atoms with Gasteiger partial charge in [0.2, 0.25) is 0 Å². The molecule has 1 N–H and O–H groups in total. The molecule has 5 nitrogen and oxygen atoms in total. The van der Waals surface area contributed by atoms with Crippen LogP contribution in [-0.4, -0.2) is 61.2 Å². The topological polar surface area (TPSA) is 53.0 Å². The first-order chi connectivity index (χ1) is 11.8. The SMILES string of the molecule is COc1c(F)cc(CN2CCC(N(C)C)C(CCC(=O)O)C2)cc1Cl. The minimum Gasteiger partial charge on any atom is -0.492 e. The molecule has 2 unspecified atom stereocenters. The molecule has 25 heavy (non-hydrogen) atoms. The normalized spacial score (nSPS) is 21.5. The Morgan fingerprint density at radius 1 is 1.48 bits per heavy atom. The van der Waals surface area contributed by atoms with Crippen LogP contribution in [0.2, 0.25) is 5.02 Å². The summed E-state index contributed by atoms with van der Waals surface area (Å²) in [4.78, 5) is 15.3. The number of carboxylic acids is 1. The third-order valence-electron chi connectivity index (χ3n) is 4.84. The van der Waals surface area contributed by atoms with Crippen molar-refractivity contribution < 1.29 is 19.0 Å². The fourth-order valence-corrected chi connectivity index (χ4v) is 3.98. The smallest absolute Gasteiger partial charge is 0.303 e. The van der Waals surface area contributed by atoms with Gasteiger partial charge in [-0.2, -0.15) is 0 Å². The number of likely N-dealkylation sites (tertiary alicyclic amines) is 1. The van der Waals surface area contributed by atoms with E-state index < -0.39 is 11.8 Å². The van der Waals surface area contributed by atoms with Crippen molar-refractivity contribution in [3.8, 4) is 5.75 Å². The van der Waals surface area contributed by atoms with E-state index in [0.717, 1.165) is 25.1 Å². The van der Waals surface area contributed by atoms with Gasteiger partial charge in [-0.1, -0.05) is 11.6 Å². The molecule has 0 spiro atoms. The summed E-state index contributed by atoms with van der Waals surface area (Å²) in [6.45, 7) is 2.27. The summed E-state index contributed by atoms with van der Waals surface area (Å²) in [5.41, 5.74) is 0.795. The second kappa shape index (κ2) is 8.83. The fourth-order valence-electron chi connectivity index (χ4n) is 3.67. The lowest BCUT2D eigenvalue weighted by Crippen LogP contribution is -2.48. The van der Waals surface area contributed by atoms with E-state index in [1.807, 2.05) is 14.1 Å². The van der Waals surface area contributed by atoms with Gasteiger partial charge in [0.05, 0.1) is 12.1 Å². The summed E-state index contributed by atoms with van der Waals surface area (Å²) in [5, 5.41) is 9.25. The highest BCUT2D eigenvalue weighted by atomic mass is 35.5. The fraction of sp³-hybridized carbons (Fsp3) is 0.611. The molecule has 0 bridgehead atoms. The van der Waals surface area contributed by atoms with Crippen LogP contribution in [0.25, 0.3) is 0 Å². The molecule has 0 amide bonds. The number of ether oxygens (including phenoxy) is 1. The van der Waals surface area contributed by atoms with Crippen LogP contribution >= 0.6 is 11.6 Å². The molecule has 1 heterocycles. The summed E-state index contributed by atoms with van der Waals surface area (Å²) >= 11 is 6.08. The second-order valence-corrected chi connectivity index (χ2v) is 7.25. The van der Waals surface area contributed by atoms with E-state index in [9.17, 15) is 9.18 Å². The van der Waals surface area contributed by atoms with Crippen LogP contribution in [0.15, 0.2) is 12.1 Å². The van der Waals surface area contributed by atoms with E-state index in [-0.39, 0.29) is 23.1 Å². The average Bonchev–Trinajstić information content (AvgIpc) is 2.52. The van der Waals surface area contributed by atoms with Crippen LogP contribution in [0.1, 0.15) is 24.8 Å². The summed E-state index contributed by atoms with van der Waals surface area (Å²) in [6.07, 6.45) is 1.78. The number of hydrogen-bond donors (Lipinski definition) is 1. The van der Waals surface area contributed by atoms with Crippen LogP contribution in [0.5, 0.6) is 5.75 Å². The number of halogens is 2. The molecule has 1 saturated heterocycles. The van der Waals surface area contributed by atoms with Gasteiger partial charge in [-0.05, 0) is 57.1 Å². The molecule has 0 saturated carbocycles. The maximum absolute atomic E-state index is 14.0. The zero-order valence-electron chi connectivity index (χ0n) is 15.0. The zero-order valence-corrected chi connectivity index (χ0v) is 15.7. The predicted molar refractivity (Wildman–Crippen MR) is 95.7 cm³/mol. The standard InChI is InChI=1S/C18H26ClFN2O3/c1-21(2)16-6-7-22(11-13(16)4-5-17(23)24)10-12-8-14(19)18(25-3)15(20)9-12/h8-9,13,16H,4-7,10-11H2,1-3H3,(H,23,24). The van der Waals surface area contributed by atoms with Crippen LogP contribution < -0.4 is 4.74 Å². The number of nitrogens with zero attached hydrogens (tertiary/aromatic N) is 2. The van der Waals surface area contributed by atoms with Crippen molar-refractivity contribution in [1.82, 2.24) is 9.80 Å². The Hall–Kier alpha value is -1.37. The highest BCUT2D eigenvalue weighted by Crippen LogP contribution is 2.31.